The minimum Gasteiger partial charge on any atom is -0.361 e. The van der Waals surface area contributed by atoms with Crippen molar-refractivity contribution in [1.82, 2.24) is 20.5 Å². The molecule has 0 aliphatic rings. The van der Waals surface area contributed by atoms with Crippen LogP contribution >= 0.6 is 24.0 Å². The highest BCUT2D eigenvalue weighted by atomic mass is 127. The number of carbonyl (C=O) groups excluding carboxylic acids is 1. The van der Waals surface area contributed by atoms with Crippen LogP contribution in [0.4, 0.5) is 0 Å². The minimum absolute atomic E-state index is 0. The molecule has 0 saturated carbocycles. The van der Waals surface area contributed by atoms with E-state index in [1.807, 2.05) is 24.3 Å². The molecule has 0 unspecified atom stereocenters. The molecule has 1 heterocycles. The zero-order valence-electron chi connectivity index (χ0n) is 19.4. The lowest BCUT2D eigenvalue weighted by Gasteiger charge is -2.12. The molecule has 172 valence electrons. The van der Waals surface area contributed by atoms with Gasteiger partial charge in [0.05, 0.1) is 6.54 Å². The molecule has 1 amide bonds. The Morgan fingerprint density at radius 2 is 1.78 bits per heavy atom. The van der Waals surface area contributed by atoms with Crippen molar-refractivity contribution >= 4 is 46.7 Å². The van der Waals surface area contributed by atoms with Gasteiger partial charge in [-0.25, -0.2) is 4.99 Å². The quantitative estimate of drug-likeness (QED) is 0.223. The van der Waals surface area contributed by atoms with Crippen LogP contribution in [0.15, 0.2) is 53.7 Å². The van der Waals surface area contributed by atoms with Gasteiger partial charge < -0.3 is 20.5 Å². The van der Waals surface area contributed by atoms with Gasteiger partial charge in [-0.1, -0.05) is 37.3 Å². The third-order valence-electron chi connectivity index (χ3n) is 5.33. The molecule has 0 aliphatic heterocycles. The first-order valence-corrected chi connectivity index (χ1v) is 10.9. The van der Waals surface area contributed by atoms with Crippen molar-refractivity contribution in [2.45, 2.75) is 33.2 Å². The van der Waals surface area contributed by atoms with E-state index < -0.39 is 0 Å². The molecule has 0 radical (unpaired) electrons. The molecule has 2 aromatic carbocycles. The van der Waals surface area contributed by atoms with Gasteiger partial charge >= 0.3 is 0 Å². The van der Waals surface area contributed by atoms with Crippen molar-refractivity contribution < 1.29 is 4.79 Å². The van der Waals surface area contributed by atoms with Crippen molar-refractivity contribution in [1.29, 1.82) is 0 Å². The Morgan fingerprint density at radius 3 is 2.44 bits per heavy atom. The lowest BCUT2D eigenvalue weighted by atomic mass is 10.1. The molecule has 32 heavy (non-hydrogen) atoms. The monoisotopic (exact) mass is 547 g/mol. The summed E-state index contributed by atoms with van der Waals surface area (Å²) in [7, 11) is 3.52. The van der Waals surface area contributed by atoms with E-state index >= 15 is 0 Å². The molecule has 3 aromatic rings. The van der Waals surface area contributed by atoms with Gasteiger partial charge in [-0.2, -0.15) is 0 Å². The average Bonchev–Trinajstić information content (AvgIpc) is 3.20. The molecule has 1 aromatic heterocycles. The Labute approximate surface area is 207 Å². The van der Waals surface area contributed by atoms with Gasteiger partial charge in [-0.05, 0) is 48.6 Å². The zero-order chi connectivity index (χ0) is 22.2. The number of benzene rings is 2. The number of nitrogens with zero attached hydrogens (tertiary/aromatic N) is 2. The number of aliphatic imine (C=N–C) groups is 1. The van der Waals surface area contributed by atoms with Crippen molar-refractivity contribution in [3.05, 3.63) is 70.9 Å². The highest BCUT2D eigenvalue weighted by molar-refractivity contribution is 14.0. The predicted molar refractivity (Wildman–Crippen MR) is 144 cm³/mol. The van der Waals surface area contributed by atoms with E-state index in [4.69, 9.17) is 4.99 Å². The number of halogens is 1. The van der Waals surface area contributed by atoms with E-state index in [0.29, 0.717) is 12.1 Å². The highest BCUT2D eigenvalue weighted by Gasteiger charge is 2.08. The molecule has 7 heteroatoms. The maximum atomic E-state index is 12.0. The Balaban J connectivity index is 0.00000363. The van der Waals surface area contributed by atoms with Crippen molar-refractivity contribution in [3.63, 3.8) is 0 Å². The number of amides is 1. The largest absolute Gasteiger partial charge is 0.361 e. The average molecular weight is 547 g/mol. The summed E-state index contributed by atoms with van der Waals surface area (Å²) >= 11 is 0. The standard InChI is InChI=1S/C25H33N5O.HI/c1-5-19-8-7-9-22-21(17-28-23(19)22)14-15-27-25(26-6-2)29-16-18-10-12-20(13-11-18)24(31)30(3)4;/h7-13,17,28H,5-6,14-16H2,1-4H3,(H2,26,27,29);1H. The molecule has 0 spiro atoms. The molecular formula is C25H34IN5O. The third kappa shape index (κ3) is 6.48. The number of aryl methyl sites for hydroxylation is 1. The molecule has 0 saturated heterocycles. The number of H-pyrrole nitrogens is 1. The number of aromatic amines is 1. The number of carbonyl (C=O) groups is 1. The van der Waals surface area contributed by atoms with Crippen LogP contribution in [0.1, 0.15) is 40.9 Å². The van der Waals surface area contributed by atoms with Crippen LogP contribution in [0.5, 0.6) is 0 Å². The summed E-state index contributed by atoms with van der Waals surface area (Å²) in [6, 6.07) is 14.1. The number of hydrogen-bond acceptors (Lipinski definition) is 2. The van der Waals surface area contributed by atoms with Gasteiger partial charge in [-0.15, -0.1) is 24.0 Å². The smallest absolute Gasteiger partial charge is 0.253 e. The maximum absolute atomic E-state index is 12.0. The fraction of sp³-hybridized carbons (Fsp3) is 0.360. The second-order valence-electron chi connectivity index (χ2n) is 7.78. The summed E-state index contributed by atoms with van der Waals surface area (Å²) in [4.78, 5) is 21.7. The summed E-state index contributed by atoms with van der Waals surface area (Å²) in [6.45, 7) is 6.40. The molecular weight excluding hydrogens is 513 g/mol. The second-order valence-corrected chi connectivity index (χ2v) is 7.78. The van der Waals surface area contributed by atoms with Gasteiger partial charge in [0.25, 0.3) is 5.91 Å². The van der Waals surface area contributed by atoms with Crippen LogP contribution in [0.3, 0.4) is 0 Å². The van der Waals surface area contributed by atoms with Gasteiger partial charge in [0.15, 0.2) is 5.96 Å². The van der Waals surface area contributed by atoms with Crippen molar-refractivity contribution in [2.24, 2.45) is 4.99 Å². The molecule has 0 fully saturated rings. The number of fused-ring (bicyclic) bond motifs is 1. The van der Waals surface area contributed by atoms with Crippen LogP contribution in [-0.4, -0.2) is 48.9 Å². The fourth-order valence-corrected chi connectivity index (χ4v) is 3.62. The molecule has 0 bridgehead atoms. The van der Waals surface area contributed by atoms with Gasteiger partial charge in [0, 0.05) is 49.8 Å². The Hall–Kier alpha value is -2.55. The molecule has 6 nitrogen and oxygen atoms in total. The molecule has 0 aliphatic carbocycles. The van der Waals surface area contributed by atoms with E-state index in [-0.39, 0.29) is 29.9 Å². The number of nitrogens with one attached hydrogen (secondary N) is 3. The second kappa shape index (κ2) is 12.5. The summed E-state index contributed by atoms with van der Waals surface area (Å²) in [5.74, 6) is 0.804. The molecule has 3 rings (SSSR count). The number of hydrogen-bond donors (Lipinski definition) is 3. The lowest BCUT2D eigenvalue weighted by molar-refractivity contribution is 0.0827. The summed E-state index contributed by atoms with van der Waals surface area (Å²) < 4.78 is 0. The Kier molecular flexibility index (Phi) is 10.0. The number of rotatable bonds is 8. The summed E-state index contributed by atoms with van der Waals surface area (Å²) in [5.41, 5.74) is 5.67. The van der Waals surface area contributed by atoms with Gasteiger partial charge in [0.2, 0.25) is 0 Å². The van der Waals surface area contributed by atoms with E-state index in [9.17, 15) is 4.79 Å². The van der Waals surface area contributed by atoms with E-state index in [1.54, 1.807) is 19.0 Å². The van der Waals surface area contributed by atoms with Crippen LogP contribution in [-0.2, 0) is 19.4 Å². The van der Waals surface area contributed by atoms with Gasteiger partial charge in [0.1, 0.15) is 0 Å². The number of guanidine groups is 1. The lowest BCUT2D eigenvalue weighted by Crippen LogP contribution is -2.38. The highest BCUT2D eigenvalue weighted by Crippen LogP contribution is 2.22. The van der Waals surface area contributed by atoms with E-state index in [2.05, 4.69) is 53.9 Å². The van der Waals surface area contributed by atoms with Crippen LogP contribution in [0.2, 0.25) is 0 Å². The third-order valence-corrected chi connectivity index (χ3v) is 5.33. The Bertz CT molecular complexity index is 1040. The fourth-order valence-electron chi connectivity index (χ4n) is 3.62. The SMILES string of the molecule is CCNC(=NCc1ccc(C(=O)N(C)C)cc1)NCCc1c[nH]c2c(CC)cccc12.I. The van der Waals surface area contributed by atoms with E-state index in [0.717, 1.165) is 37.5 Å². The number of aromatic nitrogens is 1. The normalized spacial score (nSPS) is 11.2. The maximum Gasteiger partial charge on any atom is 0.253 e. The van der Waals surface area contributed by atoms with Crippen molar-refractivity contribution in [2.75, 3.05) is 27.2 Å². The first-order valence-electron chi connectivity index (χ1n) is 10.9. The zero-order valence-corrected chi connectivity index (χ0v) is 21.7. The Morgan fingerprint density at radius 1 is 1.03 bits per heavy atom. The van der Waals surface area contributed by atoms with Gasteiger partial charge in [-0.3, -0.25) is 4.79 Å². The topological polar surface area (TPSA) is 72.5 Å². The van der Waals surface area contributed by atoms with Crippen LogP contribution < -0.4 is 10.6 Å². The van der Waals surface area contributed by atoms with Crippen LogP contribution in [0.25, 0.3) is 10.9 Å². The first kappa shape index (κ1) is 25.7. The van der Waals surface area contributed by atoms with E-state index in [1.165, 1.54) is 22.0 Å². The number of para-hydroxylation sites is 1. The van der Waals surface area contributed by atoms with Crippen LogP contribution in [0, 0.1) is 0 Å². The summed E-state index contributed by atoms with van der Waals surface area (Å²) in [5, 5.41) is 8.04. The minimum atomic E-state index is 0. The predicted octanol–water partition coefficient (Wildman–Crippen LogP) is 4.35. The van der Waals surface area contributed by atoms with Crippen molar-refractivity contribution in [3.8, 4) is 0 Å². The summed E-state index contributed by atoms with van der Waals surface area (Å²) in [6.07, 6.45) is 4.06. The first-order chi connectivity index (χ1) is 15.0. The molecule has 3 N–H and O–H groups in total. The molecule has 0 atom stereocenters.